The Hall–Kier alpha value is -0.870. The van der Waals surface area contributed by atoms with Crippen LogP contribution in [0.15, 0.2) is 17.5 Å². The number of carbonyl (C=O) groups excluding carboxylic acids is 1. The normalized spacial score (nSPS) is 14.8. The molecule has 3 N–H and O–H groups in total. The lowest BCUT2D eigenvalue weighted by atomic mass is 10.0. The number of amides is 1. The largest absolute Gasteiger partial charge is 0.351 e. The predicted molar refractivity (Wildman–Crippen MR) is 59.0 cm³/mol. The number of hydrogen-bond acceptors (Lipinski definition) is 3. The fraction of sp³-hybridized carbons (Fsp3) is 0.500. The molecule has 3 nitrogen and oxygen atoms in total. The molecule has 0 aliphatic heterocycles. The summed E-state index contributed by atoms with van der Waals surface area (Å²) in [5.74, 6) is -0.108. The Balaban J connectivity index is 2.35. The average molecular weight is 212 g/mol. The van der Waals surface area contributed by atoms with Crippen molar-refractivity contribution in [3.63, 3.8) is 0 Å². The molecule has 0 saturated heterocycles. The third kappa shape index (κ3) is 3.12. The standard InChI is InChI=1S/C10H16N2OS/c1-7(8(2)11)10(13)12-6-9-4-3-5-14-9/h3-5,7-8H,6,11H2,1-2H3,(H,12,13). The van der Waals surface area contributed by atoms with Gasteiger partial charge in [-0.05, 0) is 18.4 Å². The Bertz CT molecular complexity index is 282. The van der Waals surface area contributed by atoms with Crippen LogP contribution in [0.25, 0.3) is 0 Å². The summed E-state index contributed by atoms with van der Waals surface area (Å²) in [7, 11) is 0. The van der Waals surface area contributed by atoms with Gasteiger partial charge in [0.2, 0.25) is 5.91 Å². The van der Waals surface area contributed by atoms with Gasteiger partial charge < -0.3 is 11.1 Å². The third-order valence-corrected chi connectivity index (χ3v) is 3.10. The van der Waals surface area contributed by atoms with Gasteiger partial charge in [-0.25, -0.2) is 0 Å². The van der Waals surface area contributed by atoms with Crippen molar-refractivity contribution in [1.29, 1.82) is 0 Å². The van der Waals surface area contributed by atoms with Crippen LogP contribution >= 0.6 is 11.3 Å². The highest BCUT2D eigenvalue weighted by molar-refractivity contribution is 7.09. The SMILES string of the molecule is CC(N)C(C)C(=O)NCc1cccs1. The van der Waals surface area contributed by atoms with Gasteiger partial charge in [-0.1, -0.05) is 13.0 Å². The number of nitrogens with one attached hydrogen (secondary N) is 1. The van der Waals surface area contributed by atoms with Crippen molar-refractivity contribution in [2.45, 2.75) is 26.4 Å². The molecule has 1 amide bonds. The first-order valence-electron chi connectivity index (χ1n) is 4.67. The van der Waals surface area contributed by atoms with Gasteiger partial charge in [0.15, 0.2) is 0 Å². The zero-order valence-electron chi connectivity index (χ0n) is 8.49. The van der Waals surface area contributed by atoms with Crippen molar-refractivity contribution in [2.24, 2.45) is 11.7 Å². The summed E-state index contributed by atoms with van der Waals surface area (Å²) >= 11 is 1.64. The molecule has 1 heterocycles. The lowest BCUT2D eigenvalue weighted by molar-refractivity contribution is -0.125. The van der Waals surface area contributed by atoms with Crippen LogP contribution in [-0.4, -0.2) is 11.9 Å². The Kier molecular flexibility index (Phi) is 4.10. The van der Waals surface area contributed by atoms with E-state index in [1.54, 1.807) is 11.3 Å². The lowest BCUT2D eigenvalue weighted by Crippen LogP contribution is -2.38. The third-order valence-electron chi connectivity index (χ3n) is 2.22. The summed E-state index contributed by atoms with van der Waals surface area (Å²) < 4.78 is 0. The van der Waals surface area contributed by atoms with E-state index in [-0.39, 0.29) is 17.9 Å². The Labute approximate surface area is 88.3 Å². The van der Waals surface area contributed by atoms with E-state index in [0.717, 1.165) is 4.88 Å². The van der Waals surface area contributed by atoms with Crippen molar-refractivity contribution >= 4 is 17.2 Å². The van der Waals surface area contributed by atoms with E-state index in [1.165, 1.54) is 0 Å². The van der Waals surface area contributed by atoms with E-state index in [9.17, 15) is 4.79 Å². The maximum Gasteiger partial charge on any atom is 0.224 e. The van der Waals surface area contributed by atoms with Crippen LogP contribution in [0.3, 0.4) is 0 Å². The van der Waals surface area contributed by atoms with Gasteiger partial charge in [0.1, 0.15) is 0 Å². The molecule has 0 aromatic carbocycles. The van der Waals surface area contributed by atoms with E-state index in [1.807, 2.05) is 31.4 Å². The quantitative estimate of drug-likeness (QED) is 0.791. The van der Waals surface area contributed by atoms with Gasteiger partial charge >= 0.3 is 0 Å². The first-order valence-corrected chi connectivity index (χ1v) is 5.55. The molecule has 0 radical (unpaired) electrons. The number of carbonyl (C=O) groups is 1. The molecule has 0 aliphatic rings. The van der Waals surface area contributed by atoms with Crippen molar-refractivity contribution in [2.75, 3.05) is 0 Å². The zero-order chi connectivity index (χ0) is 10.6. The highest BCUT2D eigenvalue weighted by atomic mass is 32.1. The summed E-state index contributed by atoms with van der Waals surface area (Å²) in [6.45, 7) is 4.29. The summed E-state index contributed by atoms with van der Waals surface area (Å²) in [6.07, 6.45) is 0. The van der Waals surface area contributed by atoms with Crippen LogP contribution in [0.2, 0.25) is 0 Å². The maximum atomic E-state index is 11.5. The summed E-state index contributed by atoms with van der Waals surface area (Å²) in [6, 6.07) is 3.88. The van der Waals surface area contributed by atoms with Crippen LogP contribution in [0, 0.1) is 5.92 Å². The summed E-state index contributed by atoms with van der Waals surface area (Å²) in [5, 5.41) is 4.85. The van der Waals surface area contributed by atoms with Gasteiger partial charge in [-0.3, -0.25) is 4.79 Å². The molecule has 2 atom stereocenters. The minimum Gasteiger partial charge on any atom is -0.351 e. The molecule has 0 saturated carbocycles. The highest BCUT2D eigenvalue weighted by Gasteiger charge is 2.16. The highest BCUT2D eigenvalue weighted by Crippen LogP contribution is 2.08. The minimum atomic E-state index is -0.130. The molecule has 0 spiro atoms. The molecule has 1 rings (SSSR count). The van der Waals surface area contributed by atoms with Gasteiger partial charge in [0, 0.05) is 16.8 Å². The van der Waals surface area contributed by atoms with Crippen molar-refractivity contribution < 1.29 is 4.79 Å². The molecule has 78 valence electrons. The topological polar surface area (TPSA) is 55.1 Å². The first kappa shape index (κ1) is 11.2. The van der Waals surface area contributed by atoms with Gasteiger partial charge in [0.05, 0.1) is 6.54 Å². The molecular weight excluding hydrogens is 196 g/mol. The molecule has 2 unspecified atom stereocenters. The van der Waals surface area contributed by atoms with E-state index in [0.29, 0.717) is 6.54 Å². The smallest absolute Gasteiger partial charge is 0.224 e. The molecule has 0 fully saturated rings. The molecule has 0 bridgehead atoms. The molecule has 1 aromatic rings. The molecule has 14 heavy (non-hydrogen) atoms. The summed E-state index contributed by atoms with van der Waals surface area (Å²) in [5.41, 5.74) is 5.63. The number of hydrogen-bond donors (Lipinski definition) is 2. The van der Waals surface area contributed by atoms with Crippen molar-refractivity contribution in [3.05, 3.63) is 22.4 Å². The van der Waals surface area contributed by atoms with Crippen LogP contribution in [-0.2, 0) is 11.3 Å². The van der Waals surface area contributed by atoms with Crippen LogP contribution in [0.4, 0.5) is 0 Å². The number of thiophene rings is 1. The summed E-state index contributed by atoms with van der Waals surface area (Å²) in [4.78, 5) is 12.7. The van der Waals surface area contributed by atoms with Crippen molar-refractivity contribution in [1.82, 2.24) is 5.32 Å². The average Bonchev–Trinajstić information content (AvgIpc) is 2.65. The Morgan fingerprint density at radius 3 is 2.86 bits per heavy atom. The minimum absolute atomic E-state index is 0.0217. The molecule has 0 aliphatic carbocycles. The second-order valence-corrected chi connectivity index (χ2v) is 4.48. The second-order valence-electron chi connectivity index (χ2n) is 3.44. The fourth-order valence-electron chi connectivity index (χ4n) is 0.987. The van der Waals surface area contributed by atoms with Gasteiger partial charge in [0.25, 0.3) is 0 Å². The monoisotopic (exact) mass is 212 g/mol. The van der Waals surface area contributed by atoms with Crippen LogP contribution in [0.5, 0.6) is 0 Å². The number of nitrogens with two attached hydrogens (primary N) is 1. The van der Waals surface area contributed by atoms with Crippen LogP contribution in [0.1, 0.15) is 18.7 Å². The van der Waals surface area contributed by atoms with E-state index >= 15 is 0 Å². The second kappa shape index (κ2) is 5.12. The Morgan fingerprint density at radius 2 is 2.36 bits per heavy atom. The van der Waals surface area contributed by atoms with E-state index in [4.69, 9.17) is 5.73 Å². The molecule has 1 aromatic heterocycles. The first-order chi connectivity index (χ1) is 6.61. The van der Waals surface area contributed by atoms with E-state index in [2.05, 4.69) is 5.32 Å². The Morgan fingerprint density at radius 1 is 1.64 bits per heavy atom. The number of rotatable bonds is 4. The van der Waals surface area contributed by atoms with Crippen molar-refractivity contribution in [3.8, 4) is 0 Å². The van der Waals surface area contributed by atoms with Gasteiger partial charge in [-0.2, -0.15) is 0 Å². The fourth-order valence-corrected chi connectivity index (χ4v) is 1.63. The lowest BCUT2D eigenvalue weighted by Gasteiger charge is -2.14. The molecule has 4 heteroatoms. The molecular formula is C10H16N2OS. The van der Waals surface area contributed by atoms with Gasteiger partial charge in [-0.15, -0.1) is 11.3 Å². The van der Waals surface area contributed by atoms with E-state index < -0.39 is 0 Å². The maximum absolute atomic E-state index is 11.5. The zero-order valence-corrected chi connectivity index (χ0v) is 9.30. The van der Waals surface area contributed by atoms with Crippen LogP contribution < -0.4 is 11.1 Å². The predicted octanol–water partition coefficient (Wildman–Crippen LogP) is 1.35.